The Balaban J connectivity index is 2.44. The maximum atomic E-state index is 13.4. The predicted molar refractivity (Wildman–Crippen MR) is 122 cm³/mol. The third kappa shape index (κ3) is 6.04. The van der Waals surface area contributed by atoms with E-state index in [4.69, 9.17) is 0 Å². The van der Waals surface area contributed by atoms with Crippen molar-refractivity contribution in [3.63, 3.8) is 0 Å². The van der Waals surface area contributed by atoms with Crippen molar-refractivity contribution in [2.24, 2.45) is 0 Å². The van der Waals surface area contributed by atoms with Crippen LogP contribution < -0.4 is 9.62 Å². The van der Waals surface area contributed by atoms with Crippen LogP contribution >= 0.6 is 0 Å². The lowest BCUT2D eigenvalue weighted by Gasteiger charge is -2.32. The summed E-state index contributed by atoms with van der Waals surface area (Å²) >= 11 is 0. The van der Waals surface area contributed by atoms with Crippen LogP contribution in [-0.4, -0.2) is 63.2 Å². The highest BCUT2D eigenvalue weighted by atomic mass is 32.2. The number of halogens is 1. The van der Waals surface area contributed by atoms with E-state index in [0.717, 1.165) is 31.9 Å². The van der Waals surface area contributed by atoms with Crippen LogP contribution in [-0.2, 0) is 26.3 Å². The molecule has 10 heteroatoms. The lowest BCUT2D eigenvalue weighted by molar-refractivity contribution is -0.139. The van der Waals surface area contributed by atoms with Gasteiger partial charge in [0.15, 0.2) is 0 Å². The number of hydrogen-bond acceptors (Lipinski definition) is 4. The lowest BCUT2D eigenvalue weighted by atomic mass is 10.1. The van der Waals surface area contributed by atoms with Crippen molar-refractivity contribution in [3.05, 3.63) is 65.5 Å². The van der Waals surface area contributed by atoms with Crippen LogP contribution in [0.3, 0.4) is 0 Å². The van der Waals surface area contributed by atoms with Gasteiger partial charge in [-0.3, -0.25) is 9.59 Å². The van der Waals surface area contributed by atoms with E-state index in [1.807, 2.05) is 31.2 Å². The molecular formula is C22H29FN4O4S. The van der Waals surface area contributed by atoms with Crippen molar-refractivity contribution in [2.75, 3.05) is 32.0 Å². The molecule has 1 atom stereocenters. The van der Waals surface area contributed by atoms with Gasteiger partial charge in [-0.1, -0.05) is 29.8 Å². The quantitative estimate of drug-likeness (QED) is 0.614. The van der Waals surface area contributed by atoms with Crippen molar-refractivity contribution in [3.8, 4) is 0 Å². The monoisotopic (exact) mass is 464 g/mol. The number of amides is 2. The number of aryl methyl sites for hydroxylation is 1. The van der Waals surface area contributed by atoms with Gasteiger partial charge in [0.05, 0.1) is 5.69 Å². The minimum absolute atomic E-state index is 0.119. The van der Waals surface area contributed by atoms with Crippen LogP contribution in [0.1, 0.15) is 18.1 Å². The first-order chi connectivity index (χ1) is 15.0. The Hall–Kier alpha value is -2.98. The van der Waals surface area contributed by atoms with Gasteiger partial charge >= 0.3 is 10.2 Å². The summed E-state index contributed by atoms with van der Waals surface area (Å²) in [4.78, 5) is 27.0. The van der Waals surface area contributed by atoms with Gasteiger partial charge in [0.1, 0.15) is 18.4 Å². The number of hydrogen-bond donors (Lipinski definition) is 1. The summed E-state index contributed by atoms with van der Waals surface area (Å²) in [5, 5.41) is 2.52. The molecule has 0 saturated heterocycles. The van der Waals surface area contributed by atoms with Gasteiger partial charge in [-0.05, 0) is 43.7 Å². The van der Waals surface area contributed by atoms with E-state index < -0.39 is 34.5 Å². The molecule has 0 aromatic heterocycles. The lowest BCUT2D eigenvalue weighted by Crippen LogP contribution is -2.52. The van der Waals surface area contributed by atoms with Crippen molar-refractivity contribution in [1.29, 1.82) is 0 Å². The molecule has 0 fully saturated rings. The van der Waals surface area contributed by atoms with E-state index in [1.54, 1.807) is 6.92 Å². The summed E-state index contributed by atoms with van der Waals surface area (Å²) in [7, 11) is 0.0819. The SMILES string of the molecule is CNC(=O)[C@H](C)N(Cc1cccc(C)c1)C(=O)CN(c1ccc(F)cc1)S(=O)(=O)N(C)C. The van der Waals surface area contributed by atoms with E-state index in [1.165, 1.54) is 38.2 Å². The maximum absolute atomic E-state index is 13.4. The zero-order valence-electron chi connectivity index (χ0n) is 18.9. The van der Waals surface area contributed by atoms with Gasteiger partial charge in [0.2, 0.25) is 11.8 Å². The van der Waals surface area contributed by atoms with E-state index >= 15 is 0 Å². The molecule has 2 rings (SSSR count). The Bertz CT molecular complexity index is 1060. The van der Waals surface area contributed by atoms with Crippen molar-refractivity contribution in [1.82, 2.24) is 14.5 Å². The number of anilines is 1. The molecule has 2 aromatic carbocycles. The van der Waals surface area contributed by atoms with Crippen LogP contribution in [0, 0.1) is 12.7 Å². The average Bonchev–Trinajstić information content (AvgIpc) is 2.75. The molecule has 8 nitrogen and oxygen atoms in total. The number of rotatable bonds is 9. The van der Waals surface area contributed by atoms with Crippen LogP contribution in [0.5, 0.6) is 0 Å². The first-order valence-electron chi connectivity index (χ1n) is 9.99. The molecule has 0 aliphatic rings. The molecule has 1 N–H and O–H groups in total. The smallest absolute Gasteiger partial charge is 0.304 e. The number of nitrogens with zero attached hydrogens (tertiary/aromatic N) is 3. The number of nitrogens with one attached hydrogen (secondary N) is 1. The molecule has 0 aliphatic carbocycles. The zero-order chi connectivity index (χ0) is 24.1. The number of carbonyl (C=O) groups is 2. The largest absolute Gasteiger partial charge is 0.357 e. The molecule has 0 aliphatic heterocycles. The topological polar surface area (TPSA) is 90.0 Å². The predicted octanol–water partition coefficient (Wildman–Crippen LogP) is 1.91. The van der Waals surface area contributed by atoms with Gasteiger partial charge in [-0.15, -0.1) is 0 Å². The van der Waals surface area contributed by atoms with Crippen LogP contribution in [0.4, 0.5) is 10.1 Å². The minimum atomic E-state index is -4.07. The highest BCUT2D eigenvalue weighted by Crippen LogP contribution is 2.21. The summed E-state index contributed by atoms with van der Waals surface area (Å²) in [6.07, 6.45) is 0. The third-order valence-electron chi connectivity index (χ3n) is 4.98. The molecule has 2 aromatic rings. The fraction of sp³-hybridized carbons (Fsp3) is 0.364. The number of benzene rings is 2. The molecule has 32 heavy (non-hydrogen) atoms. The molecule has 0 radical (unpaired) electrons. The summed E-state index contributed by atoms with van der Waals surface area (Å²) in [6.45, 7) is 3.06. The van der Waals surface area contributed by atoms with Crippen LogP contribution in [0.15, 0.2) is 48.5 Å². The third-order valence-corrected chi connectivity index (χ3v) is 6.80. The minimum Gasteiger partial charge on any atom is -0.357 e. The Morgan fingerprint density at radius 1 is 1.09 bits per heavy atom. The summed E-state index contributed by atoms with van der Waals surface area (Å²) in [5.41, 5.74) is 1.93. The second kappa shape index (κ2) is 10.6. The fourth-order valence-corrected chi connectivity index (χ4v) is 4.18. The van der Waals surface area contributed by atoms with Gasteiger partial charge in [-0.25, -0.2) is 8.70 Å². The second-order valence-electron chi connectivity index (χ2n) is 7.57. The van der Waals surface area contributed by atoms with E-state index in [0.29, 0.717) is 0 Å². The van der Waals surface area contributed by atoms with E-state index in [9.17, 15) is 22.4 Å². The standard InChI is InChI=1S/C22H29FN4O4S/c1-16-7-6-8-18(13-16)14-26(17(2)22(29)24-3)21(28)15-27(32(30,31)25(4)5)20-11-9-19(23)10-12-20/h6-13,17H,14-15H2,1-5H3,(H,24,29)/t17-/m0/s1. The Morgan fingerprint density at radius 3 is 2.25 bits per heavy atom. The molecule has 0 heterocycles. The zero-order valence-corrected chi connectivity index (χ0v) is 19.7. The second-order valence-corrected chi connectivity index (χ2v) is 9.64. The van der Waals surface area contributed by atoms with Gasteiger partial charge < -0.3 is 10.2 Å². The Morgan fingerprint density at radius 2 is 1.72 bits per heavy atom. The molecule has 174 valence electrons. The van der Waals surface area contributed by atoms with Crippen molar-refractivity contribution < 1.29 is 22.4 Å². The van der Waals surface area contributed by atoms with Gasteiger partial charge in [-0.2, -0.15) is 12.7 Å². The van der Waals surface area contributed by atoms with Crippen molar-refractivity contribution in [2.45, 2.75) is 26.4 Å². The van der Waals surface area contributed by atoms with Gasteiger partial charge in [0, 0.05) is 27.7 Å². The normalized spacial score (nSPS) is 12.3. The molecule has 0 unspecified atom stereocenters. The molecule has 0 bridgehead atoms. The molecule has 2 amide bonds. The first-order valence-corrected chi connectivity index (χ1v) is 11.4. The van der Waals surface area contributed by atoms with Crippen LogP contribution in [0.2, 0.25) is 0 Å². The highest BCUT2D eigenvalue weighted by molar-refractivity contribution is 7.90. The first kappa shape index (κ1) is 25.3. The average molecular weight is 465 g/mol. The Labute approximate surface area is 188 Å². The van der Waals surface area contributed by atoms with Crippen LogP contribution in [0.25, 0.3) is 0 Å². The molecular weight excluding hydrogens is 435 g/mol. The molecule has 0 saturated carbocycles. The van der Waals surface area contributed by atoms with Gasteiger partial charge in [0.25, 0.3) is 0 Å². The summed E-state index contributed by atoms with van der Waals surface area (Å²) in [6, 6.07) is 11.5. The Kier molecular flexibility index (Phi) is 8.34. The fourth-order valence-electron chi connectivity index (χ4n) is 3.12. The maximum Gasteiger partial charge on any atom is 0.304 e. The summed E-state index contributed by atoms with van der Waals surface area (Å²) < 4.78 is 41.2. The van der Waals surface area contributed by atoms with E-state index in [-0.39, 0.29) is 18.1 Å². The number of likely N-dealkylation sites (N-methyl/N-ethyl adjacent to an activating group) is 1. The van der Waals surface area contributed by atoms with E-state index in [2.05, 4.69) is 5.32 Å². The highest BCUT2D eigenvalue weighted by Gasteiger charge is 2.32. The molecule has 0 spiro atoms. The van der Waals surface area contributed by atoms with Crippen molar-refractivity contribution >= 4 is 27.7 Å². The number of carbonyl (C=O) groups excluding carboxylic acids is 2. The summed E-state index contributed by atoms with van der Waals surface area (Å²) in [5.74, 6) is -1.48.